The van der Waals surface area contributed by atoms with Crippen LogP contribution in [0.3, 0.4) is 0 Å². The van der Waals surface area contributed by atoms with Crippen molar-refractivity contribution in [1.29, 1.82) is 0 Å². The third kappa shape index (κ3) is 2.52. The number of fused-ring (bicyclic) bond motifs is 1. The highest BCUT2D eigenvalue weighted by Gasteiger charge is 2.12. The van der Waals surface area contributed by atoms with E-state index in [2.05, 4.69) is 20.7 Å². The quantitative estimate of drug-likeness (QED) is 0.504. The Morgan fingerprint density at radius 2 is 1.81 bits per heavy atom. The van der Waals surface area contributed by atoms with Crippen LogP contribution in [0.4, 0.5) is 11.4 Å². The average Bonchev–Trinajstić information content (AvgIpc) is 2.55. The van der Waals surface area contributed by atoms with E-state index >= 15 is 0 Å². The van der Waals surface area contributed by atoms with Gasteiger partial charge in [0.2, 0.25) is 0 Å². The van der Waals surface area contributed by atoms with E-state index in [1.807, 2.05) is 24.3 Å². The summed E-state index contributed by atoms with van der Waals surface area (Å²) in [5, 5.41) is 4.76. The third-order valence-corrected chi connectivity index (χ3v) is 3.15. The lowest BCUT2D eigenvalue weighted by Crippen LogP contribution is -2.17. The fourth-order valence-corrected chi connectivity index (χ4v) is 2.12. The molecule has 4 N–H and O–H groups in total. The SMILES string of the molecule is NNc1cnccc1C(=O)Nc1cccc2ccncc12. The second-order valence-corrected chi connectivity index (χ2v) is 4.42. The number of carbonyl (C=O) groups is 1. The number of nitrogen functional groups attached to an aromatic ring is 1. The summed E-state index contributed by atoms with van der Waals surface area (Å²) in [4.78, 5) is 20.4. The second-order valence-electron chi connectivity index (χ2n) is 4.42. The Bertz CT molecular complexity index is 797. The van der Waals surface area contributed by atoms with E-state index in [0.29, 0.717) is 16.9 Å². The summed E-state index contributed by atoms with van der Waals surface area (Å²) in [6, 6.07) is 9.18. The van der Waals surface area contributed by atoms with Crippen molar-refractivity contribution in [2.45, 2.75) is 0 Å². The molecule has 0 radical (unpaired) electrons. The first-order valence-corrected chi connectivity index (χ1v) is 6.34. The summed E-state index contributed by atoms with van der Waals surface area (Å²) in [5.74, 6) is 5.13. The van der Waals surface area contributed by atoms with Crippen LogP contribution in [-0.2, 0) is 0 Å². The molecule has 2 aromatic heterocycles. The van der Waals surface area contributed by atoms with Crippen molar-refractivity contribution in [3.63, 3.8) is 0 Å². The number of nitrogens with two attached hydrogens (primary N) is 1. The van der Waals surface area contributed by atoms with Crippen molar-refractivity contribution in [2.24, 2.45) is 5.84 Å². The van der Waals surface area contributed by atoms with Crippen molar-refractivity contribution in [1.82, 2.24) is 9.97 Å². The molecule has 0 fully saturated rings. The number of nitrogens with one attached hydrogen (secondary N) is 2. The van der Waals surface area contributed by atoms with E-state index in [1.165, 1.54) is 6.20 Å². The molecule has 0 saturated heterocycles. The zero-order valence-electron chi connectivity index (χ0n) is 11.1. The van der Waals surface area contributed by atoms with Gasteiger partial charge in [0.25, 0.3) is 5.91 Å². The molecule has 0 aliphatic carbocycles. The lowest BCUT2D eigenvalue weighted by Gasteiger charge is -2.10. The number of benzene rings is 1. The Labute approximate surface area is 121 Å². The van der Waals surface area contributed by atoms with Gasteiger partial charge in [-0.2, -0.15) is 0 Å². The van der Waals surface area contributed by atoms with Crippen molar-refractivity contribution in [3.05, 3.63) is 60.7 Å². The van der Waals surface area contributed by atoms with Gasteiger partial charge in [-0.05, 0) is 23.6 Å². The number of hydrazine groups is 1. The Morgan fingerprint density at radius 3 is 2.67 bits per heavy atom. The van der Waals surface area contributed by atoms with Gasteiger partial charge in [-0.25, -0.2) is 0 Å². The molecular formula is C15H13N5O. The number of pyridine rings is 2. The highest BCUT2D eigenvalue weighted by molar-refractivity contribution is 6.11. The lowest BCUT2D eigenvalue weighted by atomic mass is 10.1. The molecule has 0 aliphatic rings. The fourth-order valence-electron chi connectivity index (χ4n) is 2.12. The molecule has 3 rings (SSSR count). The Hall–Kier alpha value is -2.99. The lowest BCUT2D eigenvalue weighted by molar-refractivity contribution is 0.102. The first-order valence-electron chi connectivity index (χ1n) is 6.34. The normalized spacial score (nSPS) is 10.3. The predicted octanol–water partition coefficient (Wildman–Crippen LogP) is 2.17. The monoisotopic (exact) mass is 279 g/mol. The number of amides is 1. The van der Waals surface area contributed by atoms with Crippen LogP contribution >= 0.6 is 0 Å². The largest absolute Gasteiger partial charge is 0.322 e. The first-order chi connectivity index (χ1) is 10.3. The van der Waals surface area contributed by atoms with Crippen LogP contribution in [-0.4, -0.2) is 15.9 Å². The van der Waals surface area contributed by atoms with E-state index in [0.717, 1.165) is 10.8 Å². The van der Waals surface area contributed by atoms with E-state index in [9.17, 15) is 4.79 Å². The smallest absolute Gasteiger partial charge is 0.257 e. The maximum Gasteiger partial charge on any atom is 0.257 e. The molecular weight excluding hydrogens is 266 g/mol. The van der Waals surface area contributed by atoms with Crippen LogP contribution in [0.25, 0.3) is 10.8 Å². The molecule has 0 saturated carbocycles. The highest BCUT2D eigenvalue weighted by atomic mass is 16.1. The summed E-state index contributed by atoms with van der Waals surface area (Å²) >= 11 is 0. The molecule has 6 nitrogen and oxygen atoms in total. The Balaban J connectivity index is 1.97. The number of nitrogens with zero attached hydrogens (tertiary/aromatic N) is 2. The van der Waals surface area contributed by atoms with Crippen molar-refractivity contribution < 1.29 is 4.79 Å². The highest BCUT2D eigenvalue weighted by Crippen LogP contribution is 2.23. The second kappa shape index (κ2) is 5.56. The Kier molecular flexibility index (Phi) is 3.44. The topological polar surface area (TPSA) is 92.9 Å². The third-order valence-electron chi connectivity index (χ3n) is 3.15. The molecule has 0 atom stereocenters. The maximum atomic E-state index is 12.4. The molecule has 21 heavy (non-hydrogen) atoms. The number of aromatic nitrogens is 2. The number of carbonyl (C=O) groups excluding carboxylic acids is 1. The summed E-state index contributed by atoms with van der Waals surface area (Å²) in [6.45, 7) is 0. The zero-order valence-corrected chi connectivity index (χ0v) is 11.1. The fraction of sp³-hybridized carbons (Fsp3) is 0. The molecule has 6 heteroatoms. The zero-order chi connectivity index (χ0) is 14.7. The average molecular weight is 279 g/mol. The van der Waals surface area contributed by atoms with E-state index in [1.54, 1.807) is 24.7 Å². The number of rotatable bonds is 3. The maximum absolute atomic E-state index is 12.4. The summed E-state index contributed by atoms with van der Waals surface area (Å²) in [5.41, 5.74) is 4.05. The minimum atomic E-state index is -0.262. The molecule has 0 aliphatic heterocycles. The Morgan fingerprint density at radius 1 is 1.00 bits per heavy atom. The number of hydrogen-bond acceptors (Lipinski definition) is 5. The molecule has 104 valence electrons. The first kappa shape index (κ1) is 13.0. The summed E-state index contributed by atoms with van der Waals surface area (Å²) < 4.78 is 0. The molecule has 3 aromatic rings. The predicted molar refractivity (Wildman–Crippen MR) is 81.7 cm³/mol. The standard InChI is InChI=1S/C15H13N5O/c16-20-14-9-18-7-5-11(14)15(21)19-13-3-1-2-10-4-6-17-8-12(10)13/h1-9,20H,16H2,(H,19,21). The van der Waals surface area contributed by atoms with Gasteiger partial charge in [0.15, 0.2) is 0 Å². The van der Waals surface area contributed by atoms with Crippen LogP contribution < -0.4 is 16.6 Å². The van der Waals surface area contributed by atoms with Crippen LogP contribution in [0.2, 0.25) is 0 Å². The van der Waals surface area contributed by atoms with Gasteiger partial charge in [0, 0.05) is 24.0 Å². The summed E-state index contributed by atoms with van der Waals surface area (Å²) in [7, 11) is 0. The summed E-state index contributed by atoms with van der Waals surface area (Å²) in [6.07, 6.45) is 6.48. The minimum Gasteiger partial charge on any atom is -0.322 e. The van der Waals surface area contributed by atoms with E-state index in [4.69, 9.17) is 5.84 Å². The van der Waals surface area contributed by atoms with Gasteiger partial charge < -0.3 is 10.7 Å². The number of anilines is 2. The van der Waals surface area contributed by atoms with Crippen LogP contribution in [0, 0.1) is 0 Å². The van der Waals surface area contributed by atoms with Crippen molar-refractivity contribution in [3.8, 4) is 0 Å². The molecule has 0 unspecified atom stereocenters. The van der Waals surface area contributed by atoms with Crippen LogP contribution in [0.1, 0.15) is 10.4 Å². The van der Waals surface area contributed by atoms with Gasteiger partial charge in [0.1, 0.15) is 0 Å². The van der Waals surface area contributed by atoms with Gasteiger partial charge in [-0.3, -0.25) is 20.6 Å². The molecule has 0 bridgehead atoms. The van der Waals surface area contributed by atoms with E-state index < -0.39 is 0 Å². The minimum absolute atomic E-state index is 0.262. The van der Waals surface area contributed by atoms with Crippen molar-refractivity contribution >= 4 is 28.1 Å². The van der Waals surface area contributed by atoms with Gasteiger partial charge in [-0.1, -0.05) is 12.1 Å². The van der Waals surface area contributed by atoms with Gasteiger partial charge in [-0.15, -0.1) is 0 Å². The van der Waals surface area contributed by atoms with Crippen LogP contribution in [0.5, 0.6) is 0 Å². The number of hydrogen-bond donors (Lipinski definition) is 3. The van der Waals surface area contributed by atoms with E-state index in [-0.39, 0.29) is 5.91 Å². The molecule has 1 aromatic carbocycles. The van der Waals surface area contributed by atoms with Crippen LogP contribution in [0.15, 0.2) is 55.1 Å². The molecule has 0 spiro atoms. The van der Waals surface area contributed by atoms with Gasteiger partial charge >= 0.3 is 0 Å². The van der Waals surface area contributed by atoms with Crippen molar-refractivity contribution in [2.75, 3.05) is 10.7 Å². The molecule has 2 heterocycles. The molecule has 1 amide bonds. The van der Waals surface area contributed by atoms with Gasteiger partial charge in [0.05, 0.1) is 23.1 Å².